The molecule has 0 aliphatic carbocycles. The third kappa shape index (κ3) is 3.18. The number of aliphatic hydroxyl groups is 4. The van der Waals surface area contributed by atoms with E-state index in [9.17, 15) is 30.0 Å². The molecule has 11 nitrogen and oxygen atoms in total. The normalized spacial score (nSPS) is 31.6. The quantitative estimate of drug-likeness (QED) is 0.303. The minimum absolute atomic E-state index is 0.370. The molecule has 0 amide bonds. The summed E-state index contributed by atoms with van der Waals surface area (Å²) in [6, 6.07) is -1.36. The van der Waals surface area contributed by atoms with Crippen molar-refractivity contribution < 1.29 is 30.3 Å². The minimum Gasteiger partial charge on any atom is -0.494 e. The van der Waals surface area contributed by atoms with E-state index in [1.807, 2.05) is 4.98 Å². The van der Waals surface area contributed by atoms with E-state index in [0.29, 0.717) is 0 Å². The highest BCUT2D eigenvalue weighted by atomic mass is 16.6. The van der Waals surface area contributed by atoms with Crippen molar-refractivity contribution in [3.8, 4) is 5.88 Å². The van der Waals surface area contributed by atoms with Crippen LogP contribution in [-0.4, -0.2) is 78.5 Å². The first-order chi connectivity index (χ1) is 10.8. The maximum Gasteiger partial charge on any atom is 0.330 e. The summed E-state index contributed by atoms with van der Waals surface area (Å²) in [4.78, 5) is 28.6. The van der Waals surface area contributed by atoms with Gasteiger partial charge in [-0.3, -0.25) is 19.3 Å². The molecule has 0 unspecified atom stereocenters. The van der Waals surface area contributed by atoms with Gasteiger partial charge in [-0.25, -0.2) is 4.79 Å². The van der Waals surface area contributed by atoms with Crippen LogP contribution in [0.2, 0.25) is 0 Å². The monoisotopic (exact) mass is 331 g/mol. The summed E-state index contributed by atoms with van der Waals surface area (Å²) in [5, 5.41) is 48.1. The fourth-order valence-electron chi connectivity index (χ4n) is 2.15. The maximum atomic E-state index is 11.7. The molecule has 0 bridgehead atoms. The molecule has 1 aromatic heterocycles. The Morgan fingerprint density at radius 3 is 2.57 bits per heavy atom. The number of aromatic nitrogens is 2. The Hall–Kier alpha value is -2.05. The molecule has 0 saturated carbocycles. The number of nitrogens with one attached hydrogen (secondary N) is 1. The second-order valence-electron chi connectivity index (χ2n) is 5.05. The van der Waals surface area contributed by atoms with Gasteiger partial charge in [0.25, 0.3) is 5.56 Å². The first-order valence-corrected chi connectivity index (χ1v) is 6.64. The van der Waals surface area contributed by atoms with Crippen LogP contribution in [0.1, 0.15) is 5.56 Å². The van der Waals surface area contributed by atoms with Crippen LogP contribution in [0.3, 0.4) is 0 Å². The number of aromatic hydroxyl groups is 1. The number of nitrogens with zero attached hydrogens (tertiary/aromatic N) is 2. The van der Waals surface area contributed by atoms with Crippen LogP contribution in [0, 0.1) is 0 Å². The molecule has 1 saturated heterocycles. The molecule has 128 valence electrons. The molecular weight excluding hydrogens is 314 g/mol. The van der Waals surface area contributed by atoms with E-state index in [0.717, 1.165) is 10.8 Å². The van der Waals surface area contributed by atoms with Gasteiger partial charge in [-0.05, 0) is 0 Å². The van der Waals surface area contributed by atoms with Crippen molar-refractivity contribution in [3.05, 3.63) is 26.4 Å². The zero-order valence-corrected chi connectivity index (χ0v) is 12.0. The van der Waals surface area contributed by atoms with Crippen LogP contribution in [0.15, 0.2) is 14.6 Å². The first kappa shape index (κ1) is 17.3. The molecule has 0 spiro atoms. The van der Waals surface area contributed by atoms with Crippen molar-refractivity contribution in [2.75, 3.05) is 6.61 Å². The molecule has 0 radical (unpaired) electrons. The highest BCUT2D eigenvalue weighted by Gasteiger charge is 2.43. The van der Waals surface area contributed by atoms with E-state index in [1.54, 1.807) is 0 Å². The zero-order chi connectivity index (χ0) is 17.3. The van der Waals surface area contributed by atoms with Crippen LogP contribution in [0.25, 0.3) is 0 Å². The number of ether oxygens (including phenoxy) is 1. The summed E-state index contributed by atoms with van der Waals surface area (Å²) in [7, 11) is 1.22. The molecule has 6 N–H and O–H groups in total. The van der Waals surface area contributed by atoms with E-state index < -0.39 is 54.4 Å². The molecule has 1 aromatic rings. The maximum absolute atomic E-state index is 11.7. The summed E-state index contributed by atoms with van der Waals surface area (Å²) >= 11 is 0. The first-order valence-electron chi connectivity index (χ1n) is 6.64. The van der Waals surface area contributed by atoms with Gasteiger partial charge in [-0.2, -0.15) is 0 Å². The Bertz CT molecular complexity index is 711. The van der Waals surface area contributed by atoms with Crippen LogP contribution >= 0.6 is 0 Å². The van der Waals surface area contributed by atoms with Gasteiger partial charge in [0.1, 0.15) is 29.9 Å². The lowest BCUT2D eigenvalue weighted by Crippen LogP contribution is -2.57. The van der Waals surface area contributed by atoms with Gasteiger partial charge in [0, 0.05) is 13.3 Å². The molecule has 2 heterocycles. The SMILES string of the molecule is Cn1c(O)c(C=N[C@@H]2[C@H](O)[C@H](O)[C@H](CO)O[C@@H]2O)c(=O)[nH]c1=O. The van der Waals surface area contributed by atoms with Gasteiger partial charge in [-0.15, -0.1) is 0 Å². The average Bonchev–Trinajstić information content (AvgIpc) is 2.51. The van der Waals surface area contributed by atoms with Crippen LogP contribution in [0.5, 0.6) is 5.88 Å². The van der Waals surface area contributed by atoms with E-state index in [1.165, 1.54) is 7.05 Å². The predicted octanol–water partition coefficient (Wildman–Crippen LogP) is -4.00. The van der Waals surface area contributed by atoms with E-state index in [-0.39, 0.29) is 5.56 Å². The van der Waals surface area contributed by atoms with Crippen molar-refractivity contribution in [1.82, 2.24) is 9.55 Å². The number of hydrogen-bond acceptors (Lipinski definition) is 9. The molecule has 2 rings (SSSR count). The lowest BCUT2D eigenvalue weighted by atomic mass is 9.97. The third-order valence-corrected chi connectivity index (χ3v) is 3.57. The summed E-state index contributed by atoms with van der Waals surface area (Å²) in [5.41, 5.74) is -2.11. The highest BCUT2D eigenvalue weighted by molar-refractivity contribution is 5.82. The zero-order valence-electron chi connectivity index (χ0n) is 12.0. The lowest BCUT2D eigenvalue weighted by molar-refractivity contribution is -0.248. The Labute approximate surface area is 128 Å². The lowest BCUT2D eigenvalue weighted by Gasteiger charge is -2.38. The van der Waals surface area contributed by atoms with E-state index >= 15 is 0 Å². The molecule has 1 aliphatic heterocycles. The van der Waals surface area contributed by atoms with Gasteiger partial charge in [0.05, 0.1) is 6.61 Å². The highest BCUT2D eigenvalue weighted by Crippen LogP contribution is 2.22. The van der Waals surface area contributed by atoms with Crippen molar-refractivity contribution in [3.63, 3.8) is 0 Å². The Balaban J connectivity index is 2.32. The second-order valence-corrected chi connectivity index (χ2v) is 5.05. The number of aliphatic hydroxyl groups excluding tert-OH is 4. The van der Waals surface area contributed by atoms with Crippen molar-refractivity contribution in [2.24, 2.45) is 12.0 Å². The number of H-pyrrole nitrogens is 1. The summed E-state index contributed by atoms with van der Waals surface area (Å²) in [5.74, 6) is -0.656. The predicted molar refractivity (Wildman–Crippen MR) is 75.3 cm³/mol. The van der Waals surface area contributed by atoms with Crippen molar-refractivity contribution in [2.45, 2.75) is 30.6 Å². The molecule has 0 aromatic carbocycles. The van der Waals surface area contributed by atoms with Gasteiger partial charge in [0.2, 0.25) is 5.88 Å². The van der Waals surface area contributed by atoms with Gasteiger partial charge in [-0.1, -0.05) is 0 Å². The summed E-state index contributed by atoms with van der Waals surface area (Å²) < 4.78 is 5.67. The van der Waals surface area contributed by atoms with E-state index in [2.05, 4.69) is 4.99 Å². The second kappa shape index (κ2) is 6.60. The Morgan fingerprint density at radius 2 is 1.96 bits per heavy atom. The fraction of sp³-hybridized carbons (Fsp3) is 0.583. The van der Waals surface area contributed by atoms with Crippen LogP contribution in [0.4, 0.5) is 0 Å². The summed E-state index contributed by atoms with van der Waals surface area (Å²) in [6.07, 6.45) is -5.05. The smallest absolute Gasteiger partial charge is 0.330 e. The number of aliphatic imine (C=N–C) groups is 1. The molecule has 11 heteroatoms. The summed E-state index contributed by atoms with van der Waals surface area (Å²) in [6.45, 7) is -0.618. The molecule has 5 atom stereocenters. The number of rotatable bonds is 3. The third-order valence-electron chi connectivity index (χ3n) is 3.57. The number of aromatic amines is 1. The molecular formula is C12H17N3O8. The Kier molecular flexibility index (Phi) is 4.97. The molecule has 23 heavy (non-hydrogen) atoms. The van der Waals surface area contributed by atoms with E-state index in [4.69, 9.17) is 9.84 Å². The van der Waals surface area contributed by atoms with Crippen molar-refractivity contribution >= 4 is 6.21 Å². The van der Waals surface area contributed by atoms with Crippen molar-refractivity contribution in [1.29, 1.82) is 0 Å². The topological polar surface area (TPSA) is 178 Å². The van der Waals surface area contributed by atoms with Crippen LogP contribution < -0.4 is 11.2 Å². The largest absolute Gasteiger partial charge is 0.494 e. The number of hydrogen-bond donors (Lipinski definition) is 6. The standard InChI is InChI=1S/C12H17N3O8/c1-15-10(20)4(9(19)14-12(15)22)2-13-6-8(18)7(17)5(3-16)23-11(6)21/h2,5-8,11,16-18,20-21H,3H2,1H3,(H,14,19,22)/t5-,6+,7+,8-,11-/m0/s1. The van der Waals surface area contributed by atoms with Gasteiger partial charge >= 0.3 is 5.69 Å². The van der Waals surface area contributed by atoms with Crippen LogP contribution in [-0.2, 0) is 11.8 Å². The van der Waals surface area contributed by atoms with Gasteiger partial charge < -0.3 is 30.3 Å². The average molecular weight is 331 g/mol. The minimum atomic E-state index is -1.64. The molecule has 1 aliphatic rings. The molecule has 1 fully saturated rings. The Morgan fingerprint density at radius 1 is 1.30 bits per heavy atom. The fourth-order valence-corrected chi connectivity index (χ4v) is 2.15. The van der Waals surface area contributed by atoms with Gasteiger partial charge in [0.15, 0.2) is 6.29 Å².